The van der Waals surface area contributed by atoms with Crippen molar-refractivity contribution in [1.82, 2.24) is 0 Å². The van der Waals surface area contributed by atoms with Crippen molar-refractivity contribution < 1.29 is 19.0 Å². The second-order valence-corrected chi connectivity index (χ2v) is 13.8. The molecule has 150 valence electrons. The summed E-state index contributed by atoms with van der Waals surface area (Å²) in [6, 6.07) is 0. The van der Waals surface area contributed by atoms with Crippen molar-refractivity contribution in [1.29, 1.82) is 0 Å². The van der Waals surface area contributed by atoms with Gasteiger partial charge in [0.2, 0.25) is 0 Å². The van der Waals surface area contributed by atoms with E-state index in [0.717, 1.165) is 38.9 Å². The van der Waals surface area contributed by atoms with Crippen LogP contribution in [0.25, 0.3) is 0 Å². The van der Waals surface area contributed by atoms with Gasteiger partial charge in [0.05, 0.1) is 12.7 Å². The Morgan fingerprint density at radius 1 is 1.08 bits per heavy atom. The first kappa shape index (κ1) is 23.1. The van der Waals surface area contributed by atoms with E-state index < -0.39 is 8.32 Å². The third-order valence-corrected chi connectivity index (χ3v) is 10.1. The minimum absolute atomic E-state index is 0.0461. The van der Waals surface area contributed by atoms with Gasteiger partial charge in [0, 0.05) is 13.2 Å². The Balaban J connectivity index is 1.93. The summed E-state index contributed by atoms with van der Waals surface area (Å²) >= 11 is 0. The van der Waals surface area contributed by atoms with Crippen molar-refractivity contribution in [2.24, 2.45) is 0 Å². The molecular weight excluding hydrogens is 332 g/mol. The summed E-state index contributed by atoms with van der Waals surface area (Å²) < 4.78 is 17.4. The van der Waals surface area contributed by atoms with Gasteiger partial charge in [-0.15, -0.1) is 0 Å². The molecule has 1 rings (SSSR count). The van der Waals surface area contributed by atoms with Gasteiger partial charge in [-0.25, -0.2) is 0 Å². The molecular formula is C20H42O4Si. The van der Waals surface area contributed by atoms with Crippen LogP contribution in [0.15, 0.2) is 0 Å². The monoisotopic (exact) mass is 374 g/mol. The Bertz CT molecular complexity index is 335. The van der Waals surface area contributed by atoms with Crippen LogP contribution in [0.1, 0.15) is 78.6 Å². The molecule has 0 saturated carbocycles. The molecule has 2 unspecified atom stereocenters. The van der Waals surface area contributed by atoms with Gasteiger partial charge in [-0.2, -0.15) is 0 Å². The van der Waals surface area contributed by atoms with Crippen molar-refractivity contribution in [3.63, 3.8) is 0 Å². The number of hydrogen-bond donors (Lipinski definition) is 1. The molecule has 4 nitrogen and oxygen atoms in total. The average Bonchev–Trinajstić information content (AvgIpc) is 2.55. The van der Waals surface area contributed by atoms with Crippen molar-refractivity contribution in [2.75, 3.05) is 19.8 Å². The lowest BCUT2D eigenvalue weighted by Crippen LogP contribution is -2.42. The van der Waals surface area contributed by atoms with Crippen LogP contribution in [0.2, 0.25) is 18.1 Å². The van der Waals surface area contributed by atoms with E-state index in [1.807, 2.05) is 0 Å². The lowest BCUT2D eigenvalue weighted by molar-refractivity contribution is -0.162. The molecule has 0 aromatic carbocycles. The van der Waals surface area contributed by atoms with E-state index in [9.17, 15) is 5.11 Å². The summed E-state index contributed by atoms with van der Waals surface area (Å²) in [5.41, 5.74) is 0. The third kappa shape index (κ3) is 10.1. The molecule has 1 N–H and O–H groups in total. The number of unbranched alkanes of at least 4 members (excludes halogenated alkanes) is 4. The van der Waals surface area contributed by atoms with Crippen LogP contribution in [-0.2, 0) is 13.9 Å². The van der Waals surface area contributed by atoms with Crippen molar-refractivity contribution in [3.05, 3.63) is 0 Å². The van der Waals surface area contributed by atoms with E-state index in [0.29, 0.717) is 6.61 Å². The molecule has 1 fully saturated rings. The highest BCUT2D eigenvalue weighted by atomic mass is 28.4. The summed E-state index contributed by atoms with van der Waals surface area (Å²) in [7, 11) is -1.74. The number of aliphatic hydroxyl groups excluding tert-OH is 1. The molecule has 2 atom stereocenters. The number of aliphatic hydroxyl groups is 1. The molecule has 0 aliphatic carbocycles. The van der Waals surface area contributed by atoms with Crippen LogP contribution >= 0.6 is 0 Å². The number of hydrogen-bond acceptors (Lipinski definition) is 4. The quantitative estimate of drug-likeness (QED) is 0.374. The largest absolute Gasteiger partial charge is 0.414 e. The minimum Gasteiger partial charge on any atom is -0.414 e. The normalized spacial score (nSPS) is 20.6. The highest BCUT2D eigenvalue weighted by molar-refractivity contribution is 6.74. The van der Waals surface area contributed by atoms with Crippen LogP contribution < -0.4 is 0 Å². The Labute approximate surface area is 156 Å². The van der Waals surface area contributed by atoms with Gasteiger partial charge in [0.25, 0.3) is 0 Å². The fraction of sp³-hybridized carbons (Fsp3) is 1.00. The molecule has 25 heavy (non-hydrogen) atoms. The maximum absolute atomic E-state index is 10.1. The van der Waals surface area contributed by atoms with Crippen molar-refractivity contribution >= 4 is 8.32 Å². The van der Waals surface area contributed by atoms with Crippen LogP contribution in [0, 0.1) is 0 Å². The highest BCUT2D eigenvalue weighted by Gasteiger charge is 2.37. The van der Waals surface area contributed by atoms with E-state index >= 15 is 0 Å². The standard InChI is InChI=1S/C20H42O4Si/c1-20(2,3)25(4,5)24-17-18(21)13-9-7-6-8-11-15-22-19-14-10-12-16-23-19/h18-19,21H,6-17H2,1-5H3. The van der Waals surface area contributed by atoms with Crippen LogP contribution in [-0.4, -0.2) is 45.6 Å². The second kappa shape index (κ2) is 11.7. The molecule has 5 heteroatoms. The lowest BCUT2D eigenvalue weighted by Gasteiger charge is -2.36. The first-order valence-electron chi connectivity index (χ1n) is 10.3. The Hall–Kier alpha value is 0.0569. The molecule has 0 radical (unpaired) electrons. The number of rotatable bonds is 12. The van der Waals surface area contributed by atoms with Gasteiger partial charge in [-0.3, -0.25) is 0 Å². The molecule has 0 bridgehead atoms. The maximum Gasteiger partial charge on any atom is 0.192 e. The zero-order valence-corrected chi connectivity index (χ0v) is 18.3. The van der Waals surface area contributed by atoms with E-state index in [-0.39, 0.29) is 17.4 Å². The molecule has 0 spiro atoms. The summed E-state index contributed by atoms with van der Waals surface area (Å²) in [5.74, 6) is 0. The lowest BCUT2D eigenvalue weighted by atomic mass is 10.1. The SMILES string of the molecule is CC(C)(C)[Si](C)(C)OCC(O)CCCCCCCOC1CCCCO1. The smallest absolute Gasteiger partial charge is 0.192 e. The van der Waals surface area contributed by atoms with Crippen LogP contribution in [0.4, 0.5) is 0 Å². The molecule has 0 aromatic heterocycles. The van der Waals surface area contributed by atoms with E-state index in [4.69, 9.17) is 13.9 Å². The Morgan fingerprint density at radius 2 is 1.76 bits per heavy atom. The number of ether oxygens (including phenoxy) is 2. The van der Waals surface area contributed by atoms with Crippen molar-refractivity contribution in [3.8, 4) is 0 Å². The summed E-state index contributed by atoms with van der Waals surface area (Å²) in [6.07, 6.45) is 9.80. The topological polar surface area (TPSA) is 47.9 Å². The first-order valence-corrected chi connectivity index (χ1v) is 13.2. The van der Waals surface area contributed by atoms with E-state index in [1.165, 1.54) is 32.1 Å². The summed E-state index contributed by atoms with van der Waals surface area (Å²) in [6.45, 7) is 13.3. The second-order valence-electron chi connectivity index (χ2n) is 8.95. The third-order valence-electron chi connectivity index (χ3n) is 5.57. The van der Waals surface area contributed by atoms with Gasteiger partial charge in [-0.1, -0.05) is 46.5 Å². The van der Waals surface area contributed by atoms with Gasteiger partial charge in [0.15, 0.2) is 14.6 Å². The highest BCUT2D eigenvalue weighted by Crippen LogP contribution is 2.36. The fourth-order valence-electron chi connectivity index (χ4n) is 2.67. The molecule has 1 aliphatic rings. The predicted octanol–water partition coefficient (Wildman–Crippen LogP) is 5.25. The average molecular weight is 375 g/mol. The van der Waals surface area contributed by atoms with E-state index in [2.05, 4.69) is 33.9 Å². The minimum atomic E-state index is -1.74. The van der Waals surface area contributed by atoms with Gasteiger partial charge < -0.3 is 19.0 Å². The zero-order chi connectivity index (χ0) is 18.8. The summed E-state index contributed by atoms with van der Waals surface area (Å²) in [5, 5.41) is 10.3. The van der Waals surface area contributed by atoms with Crippen LogP contribution in [0.3, 0.4) is 0 Å². The molecule has 0 amide bonds. The predicted molar refractivity (Wildman–Crippen MR) is 106 cm³/mol. The molecule has 1 saturated heterocycles. The summed E-state index contributed by atoms with van der Waals surface area (Å²) in [4.78, 5) is 0. The molecule has 1 heterocycles. The molecule has 1 aliphatic heterocycles. The van der Waals surface area contributed by atoms with Gasteiger partial charge in [-0.05, 0) is 50.2 Å². The van der Waals surface area contributed by atoms with Crippen LogP contribution in [0.5, 0.6) is 0 Å². The van der Waals surface area contributed by atoms with Gasteiger partial charge >= 0.3 is 0 Å². The van der Waals surface area contributed by atoms with E-state index in [1.54, 1.807) is 0 Å². The Morgan fingerprint density at radius 3 is 2.40 bits per heavy atom. The van der Waals surface area contributed by atoms with Gasteiger partial charge in [0.1, 0.15) is 0 Å². The molecule has 0 aromatic rings. The van der Waals surface area contributed by atoms with Crippen molar-refractivity contribution in [2.45, 2.75) is 109 Å². The fourth-order valence-corrected chi connectivity index (χ4v) is 3.72. The maximum atomic E-state index is 10.1. The Kier molecular flexibility index (Phi) is 10.8. The zero-order valence-electron chi connectivity index (χ0n) is 17.3. The first-order chi connectivity index (χ1) is 11.7.